The summed E-state index contributed by atoms with van der Waals surface area (Å²) in [6.45, 7) is 3.38. The normalized spacial score (nSPS) is 14.1. The Morgan fingerprint density at radius 3 is 2.85 bits per heavy atom. The third-order valence-corrected chi connectivity index (χ3v) is 4.69. The van der Waals surface area contributed by atoms with Gasteiger partial charge in [0.1, 0.15) is 0 Å². The standard InChI is InChI=1S/C13H18N4O2S/c1-3-4-5-6-17-11(18)9-10(15(2)13(17)19)14-12-16(9)7-8-20-12/h3-8H2,1-2H3. The highest BCUT2D eigenvalue weighted by molar-refractivity contribution is 7.99. The van der Waals surface area contributed by atoms with Crippen molar-refractivity contribution in [2.75, 3.05) is 5.75 Å². The van der Waals surface area contributed by atoms with Crippen molar-refractivity contribution in [2.24, 2.45) is 7.05 Å². The fourth-order valence-electron chi connectivity index (χ4n) is 2.61. The molecular weight excluding hydrogens is 276 g/mol. The average Bonchev–Trinajstić information content (AvgIpc) is 3.00. The summed E-state index contributed by atoms with van der Waals surface area (Å²) >= 11 is 1.63. The third kappa shape index (κ3) is 1.91. The van der Waals surface area contributed by atoms with Gasteiger partial charge in [0.2, 0.25) is 0 Å². The van der Waals surface area contributed by atoms with Crippen molar-refractivity contribution in [1.29, 1.82) is 0 Å². The van der Waals surface area contributed by atoms with Gasteiger partial charge in [0.05, 0.1) is 0 Å². The second-order valence-electron chi connectivity index (χ2n) is 5.07. The molecule has 0 bridgehead atoms. The smallest absolute Gasteiger partial charge is 0.312 e. The Hall–Kier alpha value is -1.50. The van der Waals surface area contributed by atoms with Crippen LogP contribution in [0.3, 0.4) is 0 Å². The maximum atomic E-state index is 12.6. The molecule has 2 aromatic rings. The quantitative estimate of drug-likeness (QED) is 0.795. The zero-order valence-corrected chi connectivity index (χ0v) is 12.6. The molecule has 0 atom stereocenters. The lowest BCUT2D eigenvalue weighted by Crippen LogP contribution is -2.39. The van der Waals surface area contributed by atoms with E-state index < -0.39 is 0 Å². The van der Waals surface area contributed by atoms with Crippen LogP contribution >= 0.6 is 11.8 Å². The minimum absolute atomic E-state index is 0.194. The molecule has 0 saturated heterocycles. The third-order valence-electron chi connectivity index (χ3n) is 3.73. The minimum Gasteiger partial charge on any atom is -0.312 e. The zero-order chi connectivity index (χ0) is 14.3. The first-order valence-electron chi connectivity index (χ1n) is 6.98. The predicted molar refractivity (Wildman–Crippen MR) is 79.5 cm³/mol. The molecule has 1 aliphatic heterocycles. The van der Waals surface area contributed by atoms with Crippen LogP contribution in [-0.4, -0.2) is 24.4 Å². The Morgan fingerprint density at radius 2 is 2.10 bits per heavy atom. The van der Waals surface area contributed by atoms with Crippen molar-refractivity contribution in [1.82, 2.24) is 18.7 Å². The van der Waals surface area contributed by atoms with E-state index in [1.807, 2.05) is 4.57 Å². The largest absolute Gasteiger partial charge is 0.332 e. The van der Waals surface area contributed by atoms with Gasteiger partial charge < -0.3 is 4.57 Å². The minimum atomic E-state index is -0.264. The Kier molecular flexibility index (Phi) is 3.45. The number of rotatable bonds is 4. The number of fused-ring (bicyclic) bond motifs is 3. The molecule has 0 aliphatic carbocycles. The molecule has 0 radical (unpaired) electrons. The molecule has 2 aromatic heterocycles. The maximum Gasteiger partial charge on any atom is 0.332 e. The molecule has 0 spiro atoms. The fourth-order valence-corrected chi connectivity index (χ4v) is 3.56. The summed E-state index contributed by atoms with van der Waals surface area (Å²) in [5, 5.41) is 0.846. The van der Waals surface area contributed by atoms with Crippen LogP contribution in [0.2, 0.25) is 0 Å². The summed E-state index contributed by atoms with van der Waals surface area (Å²) in [4.78, 5) is 29.3. The number of aromatic nitrogens is 4. The molecule has 0 fully saturated rings. The molecule has 3 heterocycles. The molecule has 0 amide bonds. The van der Waals surface area contributed by atoms with Gasteiger partial charge in [-0.1, -0.05) is 31.5 Å². The predicted octanol–water partition coefficient (Wildman–Crippen LogP) is 1.19. The van der Waals surface area contributed by atoms with Crippen LogP contribution in [0.15, 0.2) is 14.7 Å². The first-order valence-corrected chi connectivity index (χ1v) is 7.96. The number of imidazole rings is 1. The van der Waals surface area contributed by atoms with E-state index in [9.17, 15) is 9.59 Å². The first-order chi connectivity index (χ1) is 9.65. The van der Waals surface area contributed by atoms with Crippen molar-refractivity contribution in [3.05, 3.63) is 20.8 Å². The summed E-state index contributed by atoms with van der Waals surface area (Å²) in [7, 11) is 1.69. The summed E-state index contributed by atoms with van der Waals surface area (Å²) in [6.07, 6.45) is 2.94. The Balaban J connectivity index is 2.21. The molecule has 0 aromatic carbocycles. The highest BCUT2D eigenvalue weighted by Gasteiger charge is 2.23. The van der Waals surface area contributed by atoms with Crippen LogP contribution in [0.1, 0.15) is 26.2 Å². The van der Waals surface area contributed by atoms with Gasteiger partial charge in [0.25, 0.3) is 5.56 Å². The summed E-state index contributed by atoms with van der Waals surface area (Å²) in [5.74, 6) is 0.941. The van der Waals surface area contributed by atoms with Crippen LogP contribution in [-0.2, 0) is 20.1 Å². The van der Waals surface area contributed by atoms with Gasteiger partial charge in [-0.2, -0.15) is 0 Å². The van der Waals surface area contributed by atoms with Crippen LogP contribution in [0.5, 0.6) is 0 Å². The number of nitrogens with zero attached hydrogens (tertiary/aromatic N) is 4. The van der Waals surface area contributed by atoms with Gasteiger partial charge >= 0.3 is 5.69 Å². The van der Waals surface area contributed by atoms with Gasteiger partial charge in [-0.3, -0.25) is 13.9 Å². The summed E-state index contributed by atoms with van der Waals surface area (Å²) < 4.78 is 4.79. The molecule has 3 rings (SSSR count). The highest BCUT2D eigenvalue weighted by Crippen LogP contribution is 2.27. The first kappa shape index (κ1) is 13.5. The van der Waals surface area contributed by atoms with Gasteiger partial charge in [-0.15, -0.1) is 0 Å². The van der Waals surface area contributed by atoms with Gasteiger partial charge in [0.15, 0.2) is 16.3 Å². The van der Waals surface area contributed by atoms with E-state index in [-0.39, 0.29) is 11.2 Å². The molecule has 1 aliphatic rings. The molecule has 0 saturated carbocycles. The van der Waals surface area contributed by atoms with Crippen molar-refractivity contribution in [3.63, 3.8) is 0 Å². The number of thioether (sulfide) groups is 1. The van der Waals surface area contributed by atoms with Crippen molar-refractivity contribution >= 4 is 22.9 Å². The van der Waals surface area contributed by atoms with Crippen LogP contribution < -0.4 is 11.2 Å². The second-order valence-corrected chi connectivity index (χ2v) is 6.13. The number of unbranched alkanes of at least 4 members (excludes halogenated alkanes) is 2. The van der Waals surface area contributed by atoms with E-state index in [1.54, 1.807) is 18.8 Å². The van der Waals surface area contributed by atoms with E-state index in [2.05, 4.69) is 11.9 Å². The van der Waals surface area contributed by atoms with E-state index in [0.29, 0.717) is 17.7 Å². The molecule has 108 valence electrons. The molecule has 6 nitrogen and oxygen atoms in total. The van der Waals surface area contributed by atoms with Crippen molar-refractivity contribution < 1.29 is 0 Å². The molecule has 20 heavy (non-hydrogen) atoms. The monoisotopic (exact) mass is 294 g/mol. The number of hydrogen-bond donors (Lipinski definition) is 0. The number of aryl methyl sites for hydroxylation is 2. The topological polar surface area (TPSA) is 61.8 Å². The fraction of sp³-hybridized carbons (Fsp3) is 0.615. The number of hydrogen-bond acceptors (Lipinski definition) is 4. The maximum absolute atomic E-state index is 12.6. The molecule has 0 N–H and O–H groups in total. The molecular formula is C13H18N4O2S. The van der Waals surface area contributed by atoms with E-state index in [1.165, 1.54) is 9.13 Å². The zero-order valence-electron chi connectivity index (χ0n) is 11.8. The lowest BCUT2D eigenvalue weighted by atomic mass is 10.2. The van der Waals surface area contributed by atoms with Gasteiger partial charge in [0, 0.05) is 25.9 Å². The highest BCUT2D eigenvalue weighted by atomic mass is 32.2. The molecule has 0 unspecified atom stereocenters. The van der Waals surface area contributed by atoms with Gasteiger partial charge in [-0.25, -0.2) is 9.78 Å². The van der Waals surface area contributed by atoms with Crippen molar-refractivity contribution in [3.8, 4) is 0 Å². The Morgan fingerprint density at radius 1 is 1.30 bits per heavy atom. The van der Waals surface area contributed by atoms with E-state index in [4.69, 9.17) is 0 Å². The SMILES string of the molecule is CCCCCn1c(=O)c2c(nc3n2CCS3)n(C)c1=O. The average molecular weight is 294 g/mol. The Bertz CT molecular complexity index is 771. The van der Waals surface area contributed by atoms with Crippen LogP contribution in [0.25, 0.3) is 11.2 Å². The lowest BCUT2D eigenvalue weighted by molar-refractivity contribution is 0.548. The van der Waals surface area contributed by atoms with Crippen LogP contribution in [0.4, 0.5) is 0 Å². The van der Waals surface area contributed by atoms with Crippen LogP contribution in [0, 0.1) is 0 Å². The van der Waals surface area contributed by atoms with E-state index in [0.717, 1.165) is 36.7 Å². The lowest BCUT2D eigenvalue weighted by Gasteiger charge is -2.08. The van der Waals surface area contributed by atoms with Crippen molar-refractivity contribution in [2.45, 2.75) is 44.4 Å². The second kappa shape index (κ2) is 5.12. The van der Waals surface area contributed by atoms with Gasteiger partial charge in [-0.05, 0) is 6.42 Å². The summed E-state index contributed by atoms with van der Waals surface area (Å²) in [5.41, 5.74) is 0.623. The summed E-state index contributed by atoms with van der Waals surface area (Å²) in [6, 6.07) is 0. The van der Waals surface area contributed by atoms with E-state index >= 15 is 0 Å². The molecule has 7 heteroatoms. The Labute approximate surface area is 120 Å².